The zero-order chi connectivity index (χ0) is 20.8. The van der Waals surface area contributed by atoms with Crippen molar-refractivity contribution in [2.75, 3.05) is 26.8 Å². The number of aromatic nitrogens is 1. The van der Waals surface area contributed by atoms with E-state index >= 15 is 0 Å². The van der Waals surface area contributed by atoms with Gasteiger partial charge in [0.15, 0.2) is 0 Å². The highest BCUT2D eigenvalue weighted by atomic mass is 35.5. The summed E-state index contributed by atoms with van der Waals surface area (Å²) in [5.41, 5.74) is 4.02. The van der Waals surface area contributed by atoms with Crippen LogP contribution < -0.4 is 0 Å². The van der Waals surface area contributed by atoms with Gasteiger partial charge in [-0.15, -0.1) is 0 Å². The summed E-state index contributed by atoms with van der Waals surface area (Å²) in [6.07, 6.45) is 0.498. The number of benzene rings is 2. The molecule has 0 radical (unpaired) electrons. The molecule has 2 amide bonds. The van der Waals surface area contributed by atoms with Crippen molar-refractivity contribution in [2.24, 2.45) is 0 Å². The van der Waals surface area contributed by atoms with E-state index < -0.39 is 6.04 Å². The molecular formula is C23H22ClN3O3. The summed E-state index contributed by atoms with van der Waals surface area (Å²) in [5, 5.41) is 1.73. The second-order valence-corrected chi connectivity index (χ2v) is 8.23. The van der Waals surface area contributed by atoms with Crippen LogP contribution in [0.5, 0.6) is 0 Å². The van der Waals surface area contributed by atoms with E-state index in [4.69, 9.17) is 16.3 Å². The van der Waals surface area contributed by atoms with Gasteiger partial charge in [0.05, 0.1) is 19.2 Å². The lowest BCUT2D eigenvalue weighted by Crippen LogP contribution is -2.63. The van der Waals surface area contributed by atoms with Crippen LogP contribution in [-0.4, -0.2) is 59.4 Å². The highest BCUT2D eigenvalue weighted by Gasteiger charge is 2.48. The minimum absolute atomic E-state index is 0.0263. The zero-order valence-corrected chi connectivity index (χ0v) is 17.4. The Bertz CT molecular complexity index is 1120. The lowest BCUT2D eigenvalue weighted by Gasteiger charge is -2.47. The molecule has 1 N–H and O–H groups in total. The van der Waals surface area contributed by atoms with Gasteiger partial charge in [0.2, 0.25) is 11.8 Å². The number of hydrogen-bond acceptors (Lipinski definition) is 3. The predicted octanol–water partition coefficient (Wildman–Crippen LogP) is 3.15. The van der Waals surface area contributed by atoms with Crippen LogP contribution in [-0.2, 0) is 20.7 Å². The minimum atomic E-state index is -0.532. The van der Waals surface area contributed by atoms with E-state index in [1.165, 1.54) is 0 Å². The maximum Gasteiger partial charge on any atom is 0.246 e. The number of rotatable bonds is 4. The van der Waals surface area contributed by atoms with Gasteiger partial charge in [0.1, 0.15) is 6.04 Å². The quantitative estimate of drug-likeness (QED) is 0.701. The molecular weight excluding hydrogens is 402 g/mol. The molecule has 30 heavy (non-hydrogen) atoms. The minimum Gasteiger partial charge on any atom is -0.383 e. The molecule has 5 rings (SSSR count). The molecule has 0 bridgehead atoms. The number of amides is 2. The highest BCUT2D eigenvalue weighted by molar-refractivity contribution is 6.30. The number of carbonyl (C=O) groups excluding carboxylic acids is 2. The fourth-order valence-electron chi connectivity index (χ4n) is 4.71. The number of hydrogen-bond donors (Lipinski definition) is 1. The van der Waals surface area contributed by atoms with Crippen molar-refractivity contribution in [3.63, 3.8) is 0 Å². The van der Waals surface area contributed by atoms with Crippen LogP contribution in [0.3, 0.4) is 0 Å². The van der Waals surface area contributed by atoms with E-state index in [-0.39, 0.29) is 24.4 Å². The molecule has 0 unspecified atom stereocenters. The van der Waals surface area contributed by atoms with Crippen LogP contribution >= 0.6 is 11.6 Å². The maximum atomic E-state index is 13.4. The Morgan fingerprint density at radius 2 is 1.90 bits per heavy atom. The molecule has 2 aliphatic heterocycles. The first-order valence-electron chi connectivity index (χ1n) is 10.0. The largest absolute Gasteiger partial charge is 0.383 e. The molecule has 3 heterocycles. The smallest absolute Gasteiger partial charge is 0.246 e. The summed E-state index contributed by atoms with van der Waals surface area (Å²) in [6, 6.07) is 14.7. The number of methoxy groups -OCH3 is 1. The van der Waals surface area contributed by atoms with Crippen molar-refractivity contribution in [1.29, 1.82) is 0 Å². The second kappa shape index (κ2) is 7.45. The Morgan fingerprint density at radius 1 is 1.13 bits per heavy atom. The van der Waals surface area contributed by atoms with Crippen LogP contribution in [0, 0.1) is 0 Å². The van der Waals surface area contributed by atoms with Crippen molar-refractivity contribution in [3.05, 3.63) is 70.4 Å². The summed E-state index contributed by atoms with van der Waals surface area (Å²) in [4.78, 5) is 33.5. The third-order valence-electron chi connectivity index (χ3n) is 6.09. The number of aromatic amines is 1. The predicted molar refractivity (Wildman–Crippen MR) is 114 cm³/mol. The van der Waals surface area contributed by atoms with Gasteiger partial charge in [-0.3, -0.25) is 9.59 Å². The van der Waals surface area contributed by atoms with Gasteiger partial charge in [-0.05, 0) is 29.3 Å². The van der Waals surface area contributed by atoms with E-state index in [0.717, 1.165) is 27.7 Å². The Morgan fingerprint density at radius 3 is 2.67 bits per heavy atom. The molecule has 2 aliphatic rings. The van der Waals surface area contributed by atoms with Gasteiger partial charge in [-0.1, -0.05) is 41.9 Å². The first kappa shape index (κ1) is 19.2. The molecule has 154 valence electrons. The first-order chi connectivity index (χ1) is 14.6. The second-order valence-electron chi connectivity index (χ2n) is 7.79. The number of nitrogens with one attached hydrogen (secondary N) is 1. The van der Waals surface area contributed by atoms with Crippen molar-refractivity contribution >= 4 is 34.3 Å². The van der Waals surface area contributed by atoms with Crippen LogP contribution in [0.25, 0.3) is 10.9 Å². The summed E-state index contributed by atoms with van der Waals surface area (Å²) >= 11 is 6.11. The number of carbonyl (C=O) groups is 2. The molecule has 6 nitrogen and oxygen atoms in total. The molecule has 2 aromatic carbocycles. The molecule has 1 aromatic heterocycles. The molecule has 2 atom stereocenters. The van der Waals surface area contributed by atoms with E-state index in [2.05, 4.69) is 11.1 Å². The SMILES string of the molecule is COCCN1CC(=O)N2[C@@H](c3ccc(Cl)cc3)c3[nH]c4ccccc4c3C[C@@H]2C1=O. The van der Waals surface area contributed by atoms with Gasteiger partial charge in [0, 0.05) is 41.7 Å². The molecule has 3 aromatic rings. The van der Waals surface area contributed by atoms with Crippen molar-refractivity contribution in [1.82, 2.24) is 14.8 Å². The van der Waals surface area contributed by atoms with Gasteiger partial charge in [-0.2, -0.15) is 0 Å². The van der Waals surface area contributed by atoms with E-state index in [1.54, 1.807) is 16.9 Å². The van der Waals surface area contributed by atoms with Crippen LogP contribution in [0.15, 0.2) is 48.5 Å². The Balaban J connectivity index is 1.66. The van der Waals surface area contributed by atoms with E-state index in [1.807, 2.05) is 42.5 Å². The lowest BCUT2D eigenvalue weighted by atomic mass is 9.86. The number of nitrogens with zero attached hydrogens (tertiary/aromatic N) is 2. The van der Waals surface area contributed by atoms with Crippen molar-refractivity contribution in [2.45, 2.75) is 18.5 Å². The maximum absolute atomic E-state index is 13.4. The summed E-state index contributed by atoms with van der Waals surface area (Å²) < 4.78 is 5.13. The molecule has 7 heteroatoms. The Labute approximate surface area is 179 Å². The molecule has 0 spiro atoms. The van der Waals surface area contributed by atoms with Gasteiger partial charge in [-0.25, -0.2) is 0 Å². The van der Waals surface area contributed by atoms with Crippen molar-refractivity contribution in [3.8, 4) is 0 Å². The lowest BCUT2D eigenvalue weighted by molar-refractivity contribution is -0.159. The fourth-order valence-corrected chi connectivity index (χ4v) is 4.83. The normalized spacial score (nSPS) is 21.1. The average Bonchev–Trinajstić information content (AvgIpc) is 3.13. The number of halogens is 1. The standard InChI is InChI=1S/C23H22ClN3O3/c1-30-11-10-26-13-20(28)27-19(23(26)29)12-17-16-4-2-3-5-18(16)25-21(17)22(27)14-6-8-15(24)9-7-14/h2-9,19,22,25H,10-13H2,1H3/t19-,22+/m1/s1. The molecule has 1 fully saturated rings. The number of ether oxygens (including phenoxy) is 1. The van der Waals surface area contributed by atoms with Crippen LogP contribution in [0.1, 0.15) is 22.9 Å². The van der Waals surface area contributed by atoms with Gasteiger partial charge in [0.25, 0.3) is 0 Å². The van der Waals surface area contributed by atoms with E-state index in [0.29, 0.717) is 24.6 Å². The summed E-state index contributed by atoms with van der Waals surface area (Å²) in [6.45, 7) is 0.890. The Hall–Kier alpha value is -2.83. The summed E-state index contributed by atoms with van der Waals surface area (Å²) in [7, 11) is 1.60. The Kier molecular flexibility index (Phi) is 4.76. The van der Waals surface area contributed by atoms with E-state index in [9.17, 15) is 9.59 Å². The number of fused-ring (bicyclic) bond motifs is 4. The molecule has 0 saturated carbocycles. The van der Waals surface area contributed by atoms with Gasteiger partial charge < -0.3 is 19.5 Å². The summed E-state index contributed by atoms with van der Waals surface area (Å²) in [5.74, 6) is -0.0819. The van der Waals surface area contributed by atoms with Crippen LogP contribution in [0.2, 0.25) is 5.02 Å². The first-order valence-corrected chi connectivity index (χ1v) is 10.4. The number of para-hydroxylation sites is 1. The topological polar surface area (TPSA) is 65.6 Å². The highest BCUT2D eigenvalue weighted by Crippen LogP contribution is 2.42. The fraction of sp³-hybridized carbons (Fsp3) is 0.304. The monoisotopic (exact) mass is 423 g/mol. The van der Waals surface area contributed by atoms with Gasteiger partial charge >= 0.3 is 0 Å². The zero-order valence-electron chi connectivity index (χ0n) is 16.6. The molecule has 0 aliphatic carbocycles. The van der Waals surface area contributed by atoms with Crippen LogP contribution in [0.4, 0.5) is 0 Å². The van der Waals surface area contributed by atoms with Crippen molar-refractivity contribution < 1.29 is 14.3 Å². The number of H-pyrrole nitrogens is 1. The average molecular weight is 424 g/mol. The molecule has 1 saturated heterocycles. The number of piperazine rings is 1. The third kappa shape index (κ3) is 2.99. The third-order valence-corrected chi connectivity index (χ3v) is 6.35.